The summed E-state index contributed by atoms with van der Waals surface area (Å²) >= 11 is 0. The van der Waals surface area contributed by atoms with Gasteiger partial charge in [0.15, 0.2) is 0 Å². The molecule has 0 N–H and O–H groups in total. The number of carbonyl (C=O) groups excluding carboxylic acids is 1. The molecule has 0 atom stereocenters. The number of nitrogens with zero attached hydrogens (tertiary/aromatic N) is 4. The Bertz CT molecular complexity index is 1430. The molecule has 0 aliphatic carbocycles. The van der Waals surface area contributed by atoms with Gasteiger partial charge in [0.2, 0.25) is 0 Å². The average molecular weight is 527 g/mol. The molecule has 1 aliphatic rings. The molecule has 8 nitrogen and oxygen atoms in total. The van der Waals surface area contributed by atoms with Crippen LogP contribution >= 0.6 is 0 Å². The standard InChI is InChI=1S/C31H34N4O4/c1-20(2)30-32-17-27(18-33-30)31(36)35-10-11-37-12-13-38-28-9-8-25(29-21(3)34-39-22(29)4)16-26(28)15-23-6-5-7-24(14-23)19-35/h5-9,14,16-18,20H,10-13,15,19H2,1-4H3. The maximum absolute atomic E-state index is 13.4. The highest BCUT2D eigenvalue weighted by molar-refractivity contribution is 5.93. The minimum Gasteiger partial charge on any atom is -0.491 e. The molecule has 5 rings (SSSR count). The van der Waals surface area contributed by atoms with Gasteiger partial charge < -0.3 is 18.9 Å². The van der Waals surface area contributed by atoms with Gasteiger partial charge in [-0.25, -0.2) is 9.97 Å². The largest absolute Gasteiger partial charge is 0.491 e. The van der Waals surface area contributed by atoms with Crippen molar-refractivity contribution < 1.29 is 18.8 Å². The van der Waals surface area contributed by atoms with Gasteiger partial charge in [-0.05, 0) is 48.2 Å². The summed E-state index contributed by atoms with van der Waals surface area (Å²) < 4.78 is 17.4. The summed E-state index contributed by atoms with van der Waals surface area (Å²) in [5.74, 6) is 2.43. The first-order chi connectivity index (χ1) is 18.9. The zero-order chi connectivity index (χ0) is 27.4. The third-order valence-electron chi connectivity index (χ3n) is 6.86. The SMILES string of the molecule is Cc1noc(C)c1-c1ccc2c(c1)Cc1cccc(c1)CN(C(=O)c1cnc(C(C)C)nc1)CCOCCO2. The second-order valence-corrected chi connectivity index (χ2v) is 10.2. The molecule has 2 bridgehead atoms. The summed E-state index contributed by atoms with van der Waals surface area (Å²) in [5, 5.41) is 4.12. The maximum Gasteiger partial charge on any atom is 0.257 e. The van der Waals surface area contributed by atoms with Crippen LogP contribution in [0.3, 0.4) is 0 Å². The summed E-state index contributed by atoms with van der Waals surface area (Å²) in [6.07, 6.45) is 3.92. The van der Waals surface area contributed by atoms with Crippen molar-refractivity contribution in [3.63, 3.8) is 0 Å². The van der Waals surface area contributed by atoms with Gasteiger partial charge in [0.05, 0.1) is 24.5 Å². The number of carbonyl (C=O) groups is 1. The number of amides is 1. The molecule has 0 radical (unpaired) electrons. The normalized spacial score (nSPS) is 14.4. The molecule has 1 amide bonds. The van der Waals surface area contributed by atoms with Gasteiger partial charge in [-0.3, -0.25) is 4.79 Å². The van der Waals surface area contributed by atoms with Gasteiger partial charge in [0.1, 0.15) is 23.9 Å². The van der Waals surface area contributed by atoms with E-state index in [0.717, 1.165) is 50.8 Å². The Balaban J connectivity index is 1.43. The van der Waals surface area contributed by atoms with Crippen LogP contribution in [0, 0.1) is 13.8 Å². The number of benzene rings is 2. The zero-order valence-corrected chi connectivity index (χ0v) is 22.9. The van der Waals surface area contributed by atoms with Crippen molar-refractivity contribution in [3.8, 4) is 16.9 Å². The second kappa shape index (κ2) is 11.8. The fourth-order valence-corrected chi connectivity index (χ4v) is 4.86. The van der Waals surface area contributed by atoms with E-state index in [2.05, 4.69) is 33.3 Å². The first-order valence-corrected chi connectivity index (χ1v) is 13.3. The predicted octanol–water partition coefficient (Wildman–Crippen LogP) is 5.51. The van der Waals surface area contributed by atoms with Crippen LogP contribution in [0.25, 0.3) is 11.1 Å². The number of rotatable bonds is 3. The third-order valence-corrected chi connectivity index (χ3v) is 6.86. The van der Waals surface area contributed by atoms with Crippen molar-refractivity contribution in [2.45, 2.75) is 46.6 Å². The Hall–Kier alpha value is -4.04. The van der Waals surface area contributed by atoms with Gasteiger partial charge >= 0.3 is 0 Å². The molecule has 0 saturated carbocycles. The molecule has 0 fully saturated rings. The summed E-state index contributed by atoms with van der Waals surface area (Å²) in [6.45, 7) is 10.1. The molecule has 2 aromatic heterocycles. The molecule has 0 unspecified atom stereocenters. The predicted molar refractivity (Wildman–Crippen MR) is 148 cm³/mol. The van der Waals surface area contributed by atoms with Crippen LogP contribution in [0.4, 0.5) is 0 Å². The van der Waals surface area contributed by atoms with Crippen molar-refractivity contribution in [2.24, 2.45) is 0 Å². The molecule has 3 heterocycles. The van der Waals surface area contributed by atoms with E-state index in [0.29, 0.717) is 44.9 Å². The van der Waals surface area contributed by atoms with Crippen LogP contribution in [0.2, 0.25) is 0 Å². The lowest BCUT2D eigenvalue weighted by atomic mass is 9.96. The van der Waals surface area contributed by atoms with E-state index in [1.807, 2.05) is 52.0 Å². The van der Waals surface area contributed by atoms with Crippen LogP contribution in [-0.2, 0) is 17.7 Å². The van der Waals surface area contributed by atoms with Crippen molar-refractivity contribution in [2.75, 3.05) is 26.4 Å². The molecular formula is C31H34N4O4. The van der Waals surface area contributed by atoms with E-state index in [1.165, 1.54) is 0 Å². The van der Waals surface area contributed by atoms with Crippen molar-refractivity contribution >= 4 is 5.91 Å². The van der Waals surface area contributed by atoms with Crippen LogP contribution in [-0.4, -0.2) is 52.3 Å². The quantitative estimate of drug-likeness (QED) is 0.347. The molecule has 1 aliphatic heterocycles. The minimum absolute atomic E-state index is 0.114. The second-order valence-electron chi connectivity index (χ2n) is 10.2. The van der Waals surface area contributed by atoms with Gasteiger partial charge in [0, 0.05) is 43.4 Å². The van der Waals surface area contributed by atoms with Gasteiger partial charge in [0.25, 0.3) is 5.91 Å². The van der Waals surface area contributed by atoms with Crippen LogP contribution in [0.5, 0.6) is 5.75 Å². The summed E-state index contributed by atoms with van der Waals surface area (Å²) in [6, 6.07) is 14.6. The minimum atomic E-state index is -0.114. The van der Waals surface area contributed by atoms with Crippen molar-refractivity contribution in [1.29, 1.82) is 0 Å². The van der Waals surface area contributed by atoms with Crippen LogP contribution in [0.1, 0.15) is 64.1 Å². The van der Waals surface area contributed by atoms with E-state index < -0.39 is 0 Å². The van der Waals surface area contributed by atoms with E-state index in [9.17, 15) is 4.79 Å². The molecule has 8 heteroatoms. The Morgan fingerprint density at radius 1 is 0.974 bits per heavy atom. The van der Waals surface area contributed by atoms with Crippen molar-refractivity contribution in [1.82, 2.24) is 20.0 Å². The van der Waals surface area contributed by atoms with Gasteiger partial charge in [-0.2, -0.15) is 0 Å². The first kappa shape index (κ1) is 26.6. The summed E-state index contributed by atoms with van der Waals surface area (Å²) in [7, 11) is 0. The fourth-order valence-electron chi connectivity index (χ4n) is 4.86. The summed E-state index contributed by atoms with van der Waals surface area (Å²) in [5.41, 5.74) is 6.63. The number of fused-ring (bicyclic) bond motifs is 3. The Kier molecular flexibility index (Phi) is 8.02. The molecular weight excluding hydrogens is 492 g/mol. The fraction of sp³-hybridized carbons (Fsp3) is 0.355. The number of hydrogen-bond acceptors (Lipinski definition) is 7. The molecule has 39 heavy (non-hydrogen) atoms. The summed E-state index contributed by atoms with van der Waals surface area (Å²) in [4.78, 5) is 24.0. The van der Waals surface area contributed by atoms with Gasteiger partial charge in [-0.1, -0.05) is 49.3 Å². The molecule has 0 saturated heterocycles. The molecule has 0 spiro atoms. The zero-order valence-electron chi connectivity index (χ0n) is 22.9. The van der Waals surface area contributed by atoms with E-state index >= 15 is 0 Å². The van der Waals surface area contributed by atoms with Crippen LogP contribution < -0.4 is 4.74 Å². The highest BCUT2D eigenvalue weighted by Crippen LogP contribution is 2.32. The first-order valence-electron chi connectivity index (χ1n) is 13.3. The molecule has 202 valence electrons. The number of ether oxygens (including phenoxy) is 2. The highest BCUT2D eigenvalue weighted by atomic mass is 16.5. The van der Waals surface area contributed by atoms with E-state index in [4.69, 9.17) is 14.0 Å². The monoisotopic (exact) mass is 526 g/mol. The molecule has 2 aromatic carbocycles. The topological polar surface area (TPSA) is 90.6 Å². The smallest absolute Gasteiger partial charge is 0.257 e. The number of hydrogen-bond donors (Lipinski definition) is 0. The average Bonchev–Trinajstić information content (AvgIpc) is 3.27. The Morgan fingerprint density at radius 2 is 1.77 bits per heavy atom. The lowest BCUT2D eigenvalue weighted by Gasteiger charge is -2.24. The lowest BCUT2D eigenvalue weighted by molar-refractivity contribution is 0.0570. The Labute approximate surface area is 229 Å². The molecule has 4 aromatic rings. The third kappa shape index (κ3) is 6.17. The number of aryl methyl sites for hydroxylation is 2. The van der Waals surface area contributed by atoms with Crippen LogP contribution in [0.15, 0.2) is 59.4 Å². The highest BCUT2D eigenvalue weighted by Gasteiger charge is 2.19. The van der Waals surface area contributed by atoms with Gasteiger partial charge in [-0.15, -0.1) is 0 Å². The lowest BCUT2D eigenvalue weighted by Crippen LogP contribution is -2.34. The number of aromatic nitrogens is 3. The van der Waals surface area contributed by atoms with Crippen molar-refractivity contribution in [3.05, 3.63) is 94.4 Å². The van der Waals surface area contributed by atoms with E-state index in [-0.39, 0.29) is 11.8 Å². The Morgan fingerprint density at radius 3 is 2.51 bits per heavy atom. The maximum atomic E-state index is 13.4. The van der Waals surface area contributed by atoms with E-state index in [1.54, 1.807) is 17.3 Å².